The molecule has 1 saturated heterocycles. The molecule has 1 aliphatic heterocycles. The second kappa shape index (κ2) is 5.65. The van der Waals surface area contributed by atoms with E-state index in [1.807, 2.05) is 18.6 Å². The van der Waals surface area contributed by atoms with E-state index in [0.29, 0.717) is 12.0 Å². The predicted octanol–water partition coefficient (Wildman–Crippen LogP) is 3.67. The van der Waals surface area contributed by atoms with Crippen molar-refractivity contribution in [2.45, 2.75) is 31.7 Å². The number of rotatable bonds is 3. The van der Waals surface area contributed by atoms with Crippen LogP contribution in [0, 0.1) is 0 Å². The Morgan fingerprint density at radius 2 is 2.21 bits per heavy atom. The van der Waals surface area contributed by atoms with Gasteiger partial charge in [-0.05, 0) is 45.0 Å². The number of aromatic nitrogens is 2. The number of hydrogen-bond donors (Lipinski definition) is 1. The fraction of sp³-hybridized carbons (Fsp3) is 0.500. The van der Waals surface area contributed by atoms with Gasteiger partial charge in [0.1, 0.15) is 0 Å². The van der Waals surface area contributed by atoms with Crippen molar-refractivity contribution in [3.63, 3.8) is 0 Å². The third kappa shape index (κ3) is 2.71. The molecule has 0 spiro atoms. The summed E-state index contributed by atoms with van der Waals surface area (Å²) in [4.78, 5) is 5.65. The highest BCUT2D eigenvalue weighted by Crippen LogP contribution is 2.33. The molecule has 0 bridgehead atoms. The maximum atomic E-state index is 6.04. The van der Waals surface area contributed by atoms with E-state index < -0.39 is 0 Å². The van der Waals surface area contributed by atoms with E-state index in [4.69, 9.17) is 11.6 Å². The van der Waals surface area contributed by atoms with Gasteiger partial charge in [0, 0.05) is 22.7 Å². The van der Waals surface area contributed by atoms with Gasteiger partial charge in [0.15, 0.2) is 0 Å². The van der Waals surface area contributed by atoms with Crippen LogP contribution in [0.15, 0.2) is 24.7 Å². The van der Waals surface area contributed by atoms with Crippen molar-refractivity contribution in [1.29, 1.82) is 0 Å². The number of nitrogens with one attached hydrogen (secondary N) is 1. The third-order valence-electron chi connectivity index (χ3n) is 3.88. The second-order valence-electron chi connectivity index (χ2n) is 5.07. The molecule has 3 nitrogen and oxygen atoms in total. The number of piperidine rings is 1. The molecular formula is C14H18ClN3S. The Hall–Kier alpha value is -0.840. The average Bonchev–Trinajstić information content (AvgIpc) is 3.07. The minimum atomic E-state index is 0.310. The zero-order chi connectivity index (χ0) is 13.2. The Morgan fingerprint density at radius 3 is 2.89 bits per heavy atom. The molecule has 0 aliphatic carbocycles. The lowest BCUT2D eigenvalue weighted by atomic mass is 9.94. The van der Waals surface area contributed by atoms with Crippen LogP contribution in [0.5, 0.6) is 0 Å². The monoisotopic (exact) mass is 295 g/mol. The maximum Gasteiger partial charge on any atom is 0.0954 e. The van der Waals surface area contributed by atoms with Gasteiger partial charge in [0.2, 0.25) is 0 Å². The fourth-order valence-electron chi connectivity index (χ4n) is 2.76. The summed E-state index contributed by atoms with van der Waals surface area (Å²) in [6.07, 6.45) is 6.38. The normalized spacial score (nSPS) is 18.6. The number of thiophene rings is 1. The molecule has 0 amide bonds. The van der Waals surface area contributed by atoms with Gasteiger partial charge in [-0.15, -0.1) is 11.3 Å². The molecule has 19 heavy (non-hydrogen) atoms. The molecule has 0 radical (unpaired) electrons. The van der Waals surface area contributed by atoms with E-state index in [1.54, 1.807) is 11.3 Å². The smallest absolute Gasteiger partial charge is 0.0954 e. The number of imidazole rings is 1. The van der Waals surface area contributed by atoms with Crippen LogP contribution in [0.25, 0.3) is 0 Å². The van der Waals surface area contributed by atoms with E-state index in [2.05, 4.69) is 27.9 Å². The van der Waals surface area contributed by atoms with Gasteiger partial charge < -0.3 is 9.88 Å². The molecule has 2 aromatic heterocycles. The molecule has 2 aromatic rings. The van der Waals surface area contributed by atoms with Crippen LogP contribution in [0.2, 0.25) is 4.34 Å². The summed E-state index contributed by atoms with van der Waals surface area (Å²) in [6, 6.07) is 4.40. The molecule has 1 atom stereocenters. The zero-order valence-corrected chi connectivity index (χ0v) is 12.5. The van der Waals surface area contributed by atoms with E-state index in [-0.39, 0.29) is 0 Å². The second-order valence-corrected chi connectivity index (χ2v) is 6.81. The predicted molar refractivity (Wildman–Crippen MR) is 80.2 cm³/mol. The Balaban J connectivity index is 1.86. The van der Waals surface area contributed by atoms with Crippen molar-refractivity contribution in [3.05, 3.63) is 39.6 Å². The van der Waals surface area contributed by atoms with Crippen LogP contribution < -0.4 is 5.32 Å². The van der Waals surface area contributed by atoms with Crippen LogP contribution in [0.1, 0.15) is 42.3 Å². The number of nitrogens with zero attached hydrogens (tertiary/aromatic N) is 2. The molecule has 1 aliphatic rings. The highest BCUT2D eigenvalue weighted by atomic mass is 35.5. The standard InChI is InChI=1S/C14H18ClN3S/c1-10(13-2-3-14(15)19-13)18-9-17-8-12(18)11-4-6-16-7-5-11/h2-3,8-11,16H,4-7H2,1H3. The molecular weight excluding hydrogens is 278 g/mol. The minimum absolute atomic E-state index is 0.310. The maximum absolute atomic E-state index is 6.04. The molecule has 0 saturated carbocycles. The lowest BCUT2D eigenvalue weighted by Gasteiger charge is -2.25. The van der Waals surface area contributed by atoms with Crippen molar-refractivity contribution in [2.24, 2.45) is 0 Å². The Kier molecular flexibility index (Phi) is 3.91. The van der Waals surface area contributed by atoms with Crippen LogP contribution in [0.4, 0.5) is 0 Å². The Morgan fingerprint density at radius 1 is 1.42 bits per heavy atom. The summed E-state index contributed by atoms with van der Waals surface area (Å²) in [5.41, 5.74) is 1.36. The first-order valence-electron chi connectivity index (χ1n) is 6.73. The third-order valence-corrected chi connectivity index (χ3v) is 5.28. The lowest BCUT2D eigenvalue weighted by molar-refractivity contribution is 0.434. The summed E-state index contributed by atoms with van der Waals surface area (Å²) in [5, 5.41) is 3.42. The van der Waals surface area contributed by atoms with E-state index in [1.165, 1.54) is 23.4 Å². The van der Waals surface area contributed by atoms with Gasteiger partial charge in [-0.3, -0.25) is 0 Å². The summed E-state index contributed by atoms with van der Waals surface area (Å²) in [7, 11) is 0. The first-order chi connectivity index (χ1) is 9.25. The van der Waals surface area contributed by atoms with Crippen molar-refractivity contribution in [1.82, 2.24) is 14.9 Å². The van der Waals surface area contributed by atoms with Crippen molar-refractivity contribution in [2.75, 3.05) is 13.1 Å². The fourth-order valence-corrected chi connectivity index (χ4v) is 3.87. The average molecular weight is 296 g/mol. The Bertz CT molecular complexity index is 542. The molecule has 5 heteroatoms. The van der Waals surface area contributed by atoms with Gasteiger partial charge in [-0.25, -0.2) is 4.98 Å². The first-order valence-corrected chi connectivity index (χ1v) is 7.93. The van der Waals surface area contributed by atoms with E-state index >= 15 is 0 Å². The highest BCUT2D eigenvalue weighted by Gasteiger charge is 2.21. The summed E-state index contributed by atoms with van der Waals surface area (Å²) in [6.45, 7) is 4.43. The van der Waals surface area contributed by atoms with Gasteiger partial charge in [0.05, 0.1) is 16.7 Å². The Labute approximate surface area is 122 Å². The van der Waals surface area contributed by atoms with Crippen molar-refractivity contribution in [3.8, 4) is 0 Å². The summed E-state index contributed by atoms with van der Waals surface area (Å²) in [5.74, 6) is 0.627. The largest absolute Gasteiger partial charge is 0.326 e. The van der Waals surface area contributed by atoms with Gasteiger partial charge >= 0.3 is 0 Å². The van der Waals surface area contributed by atoms with E-state index in [9.17, 15) is 0 Å². The number of halogens is 1. The van der Waals surface area contributed by atoms with Crippen LogP contribution in [-0.4, -0.2) is 22.6 Å². The van der Waals surface area contributed by atoms with Gasteiger partial charge in [-0.2, -0.15) is 0 Å². The first kappa shape index (κ1) is 13.2. The van der Waals surface area contributed by atoms with Crippen LogP contribution >= 0.6 is 22.9 Å². The summed E-state index contributed by atoms with van der Waals surface area (Å²) >= 11 is 7.69. The molecule has 3 heterocycles. The van der Waals surface area contributed by atoms with Crippen LogP contribution in [-0.2, 0) is 0 Å². The van der Waals surface area contributed by atoms with E-state index in [0.717, 1.165) is 17.4 Å². The quantitative estimate of drug-likeness (QED) is 0.936. The molecule has 3 rings (SSSR count). The van der Waals surface area contributed by atoms with Crippen molar-refractivity contribution < 1.29 is 0 Å². The molecule has 1 N–H and O–H groups in total. The highest BCUT2D eigenvalue weighted by molar-refractivity contribution is 7.16. The topological polar surface area (TPSA) is 29.9 Å². The van der Waals surface area contributed by atoms with Crippen LogP contribution in [0.3, 0.4) is 0 Å². The van der Waals surface area contributed by atoms with Gasteiger partial charge in [0.25, 0.3) is 0 Å². The SMILES string of the molecule is CC(c1ccc(Cl)s1)n1cncc1C1CCNCC1. The molecule has 1 fully saturated rings. The van der Waals surface area contributed by atoms with Crippen molar-refractivity contribution >= 4 is 22.9 Å². The molecule has 102 valence electrons. The molecule has 0 aromatic carbocycles. The number of hydrogen-bond acceptors (Lipinski definition) is 3. The van der Waals surface area contributed by atoms with Gasteiger partial charge in [-0.1, -0.05) is 11.6 Å². The summed E-state index contributed by atoms with van der Waals surface area (Å²) < 4.78 is 3.16. The minimum Gasteiger partial charge on any atom is -0.326 e. The lowest BCUT2D eigenvalue weighted by Crippen LogP contribution is -2.28. The zero-order valence-electron chi connectivity index (χ0n) is 11.0. The molecule has 1 unspecified atom stereocenters.